The van der Waals surface area contributed by atoms with Gasteiger partial charge in [0.1, 0.15) is 0 Å². The lowest BCUT2D eigenvalue weighted by Crippen LogP contribution is -2.47. The fourth-order valence-corrected chi connectivity index (χ4v) is 4.20. The number of rotatable bonds is 4. The van der Waals surface area contributed by atoms with Gasteiger partial charge in [-0.1, -0.05) is 41.8 Å². The Morgan fingerprint density at radius 3 is 2.75 bits per heavy atom. The molecular formula is C15H20ClN3S. The van der Waals surface area contributed by atoms with Crippen molar-refractivity contribution in [3.05, 3.63) is 23.2 Å². The maximum atomic E-state index is 6.21. The van der Waals surface area contributed by atoms with E-state index in [1.165, 1.54) is 25.7 Å². The van der Waals surface area contributed by atoms with Gasteiger partial charge < -0.3 is 10.2 Å². The van der Waals surface area contributed by atoms with Gasteiger partial charge in [0, 0.05) is 12.1 Å². The van der Waals surface area contributed by atoms with Gasteiger partial charge in [-0.25, -0.2) is 4.98 Å². The van der Waals surface area contributed by atoms with Crippen LogP contribution in [0.4, 0.5) is 5.13 Å². The van der Waals surface area contributed by atoms with Crippen molar-refractivity contribution in [2.24, 2.45) is 0 Å². The zero-order valence-electron chi connectivity index (χ0n) is 11.9. The second-order valence-electron chi connectivity index (χ2n) is 5.79. The van der Waals surface area contributed by atoms with Crippen molar-refractivity contribution < 1.29 is 0 Å². The molecule has 1 N–H and O–H groups in total. The monoisotopic (exact) mass is 309 g/mol. The van der Waals surface area contributed by atoms with E-state index >= 15 is 0 Å². The van der Waals surface area contributed by atoms with Gasteiger partial charge in [0.05, 0.1) is 15.2 Å². The van der Waals surface area contributed by atoms with Crippen LogP contribution in [-0.4, -0.2) is 36.1 Å². The number of hydrogen-bond acceptors (Lipinski definition) is 4. The Morgan fingerprint density at radius 2 is 2.10 bits per heavy atom. The fraction of sp³-hybridized carbons (Fsp3) is 0.533. The third-order valence-corrected chi connectivity index (χ3v) is 5.91. The molecule has 3 rings (SSSR count). The number of likely N-dealkylation sites (N-methyl/N-ethyl adjacent to an activating group) is 1. The summed E-state index contributed by atoms with van der Waals surface area (Å²) in [6.07, 6.45) is 5.17. The number of fused-ring (bicyclic) bond motifs is 1. The predicted octanol–water partition coefficient (Wildman–Crippen LogP) is 4.24. The molecule has 0 saturated heterocycles. The van der Waals surface area contributed by atoms with Crippen molar-refractivity contribution >= 4 is 38.3 Å². The molecule has 1 fully saturated rings. The summed E-state index contributed by atoms with van der Waals surface area (Å²) in [5, 5.41) is 5.29. The van der Waals surface area contributed by atoms with E-state index in [0.29, 0.717) is 0 Å². The predicted molar refractivity (Wildman–Crippen MR) is 88.0 cm³/mol. The number of halogens is 1. The second kappa shape index (κ2) is 5.51. The molecule has 2 aromatic rings. The molecule has 0 unspecified atom stereocenters. The molecule has 1 heterocycles. The van der Waals surface area contributed by atoms with Crippen LogP contribution in [0.15, 0.2) is 18.2 Å². The van der Waals surface area contributed by atoms with Crippen LogP contribution >= 0.6 is 22.9 Å². The number of benzene rings is 1. The quantitative estimate of drug-likeness (QED) is 0.915. The van der Waals surface area contributed by atoms with Crippen LogP contribution in [-0.2, 0) is 0 Å². The van der Waals surface area contributed by atoms with Crippen LogP contribution in [0.1, 0.15) is 25.7 Å². The smallest absolute Gasteiger partial charge is 0.183 e. The fourth-order valence-electron chi connectivity index (χ4n) is 3.05. The lowest BCUT2D eigenvalue weighted by molar-refractivity contribution is 0.172. The number of hydrogen-bond donors (Lipinski definition) is 1. The van der Waals surface area contributed by atoms with Crippen LogP contribution in [0, 0.1) is 0 Å². The highest BCUT2D eigenvalue weighted by Gasteiger charge is 2.35. The van der Waals surface area contributed by atoms with Crippen LogP contribution in [0.5, 0.6) is 0 Å². The summed E-state index contributed by atoms with van der Waals surface area (Å²) in [5.41, 5.74) is 1.26. The van der Waals surface area contributed by atoms with Gasteiger partial charge in [0.2, 0.25) is 0 Å². The van der Waals surface area contributed by atoms with Gasteiger partial charge in [-0.3, -0.25) is 0 Å². The van der Waals surface area contributed by atoms with Crippen molar-refractivity contribution in [3.8, 4) is 0 Å². The van der Waals surface area contributed by atoms with Crippen molar-refractivity contribution in [2.45, 2.75) is 31.2 Å². The maximum Gasteiger partial charge on any atom is 0.183 e. The summed E-state index contributed by atoms with van der Waals surface area (Å²) >= 11 is 7.85. The number of nitrogens with zero attached hydrogens (tertiary/aromatic N) is 2. The highest BCUT2D eigenvalue weighted by Crippen LogP contribution is 2.36. The molecule has 20 heavy (non-hydrogen) atoms. The van der Waals surface area contributed by atoms with Gasteiger partial charge in [0.25, 0.3) is 0 Å². The van der Waals surface area contributed by atoms with E-state index in [1.54, 1.807) is 11.3 Å². The van der Waals surface area contributed by atoms with Crippen LogP contribution in [0.25, 0.3) is 10.2 Å². The summed E-state index contributed by atoms with van der Waals surface area (Å²) in [7, 11) is 4.37. The molecule has 0 atom stereocenters. The normalized spacial score (nSPS) is 18.0. The Bertz CT molecular complexity index is 602. The molecule has 0 bridgehead atoms. The lowest BCUT2D eigenvalue weighted by atomic mass is 9.96. The number of anilines is 1. The zero-order valence-corrected chi connectivity index (χ0v) is 13.5. The molecule has 1 aromatic heterocycles. The van der Waals surface area contributed by atoms with Gasteiger partial charge in [-0.05, 0) is 39.1 Å². The third kappa shape index (κ3) is 2.52. The molecule has 3 nitrogen and oxygen atoms in total. The zero-order chi connectivity index (χ0) is 14.2. The molecule has 1 saturated carbocycles. The first-order chi connectivity index (χ1) is 9.61. The van der Waals surface area contributed by atoms with Crippen molar-refractivity contribution in [2.75, 3.05) is 26.0 Å². The Kier molecular flexibility index (Phi) is 3.89. The minimum Gasteiger partial charge on any atom is -0.360 e. The first-order valence-electron chi connectivity index (χ1n) is 7.07. The minimum atomic E-state index is 0.279. The largest absolute Gasteiger partial charge is 0.360 e. The van der Waals surface area contributed by atoms with Crippen molar-refractivity contribution in [1.82, 2.24) is 9.88 Å². The molecule has 1 aromatic carbocycles. The summed E-state index contributed by atoms with van der Waals surface area (Å²) < 4.78 is 1.07. The number of thiazole rings is 1. The van der Waals surface area contributed by atoms with E-state index in [4.69, 9.17) is 11.6 Å². The first kappa shape index (κ1) is 14.1. The molecule has 0 radical (unpaired) electrons. The Labute approximate surface area is 128 Å². The SMILES string of the molecule is CN(C)C1(CNc2nc3cccc(Cl)c3s2)CCCC1. The van der Waals surface area contributed by atoms with Gasteiger partial charge in [-0.15, -0.1) is 0 Å². The molecular weight excluding hydrogens is 290 g/mol. The van der Waals surface area contributed by atoms with E-state index in [9.17, 15) is 0 Å². The first-order valence-corrected chi connectivity index (χ1v) is 8.27. The molecule has 0 aliphatic heterocycles. The van der Waals surface area contributed by atoms with Crippen LogP contribution in [0.3, 0.4) is 0 Å². The highest BCUT2D eigenvalue weighted by atomic mass is 35.5. The van der Waals surface area contributed by atoms with Gasteiger partial charge in [0.15, 0.2) is 5.13 Å². The molecule has 0 amide bonds. The number of nitrogens with one attached hydrogen (secondary N) is 1. The Morgan fingerprint density at radius 1 is 1.35 bits per heavy atom. The minimum absolute atomic E-state index is 0.279. The van der Waals surface area contributed by atoms with Crippen molar-refractivity contribution in [3.63, 3.8) is 0 Å². The average molecular weight is 310 g/mol. The summed E-state index contributed by atoms with van der Waals surface area (Å²) in [5.74, 6) is 0. The number of aromatic nitrogens is 1. The van der Waals surface area contributed by atoms with Gasteiger partial charge in [-0.2, -0.15) is 0 Å². The standard InChI is InChI=1S/C15H20ClN3S/c1-19(2)15(8-3-4-9-15)10-17-14-18-12-7-5-6-11(16)13(12)20-14/h5-7H,3-4,8-10H2,1-2H3,(H,17,18). The summed E-state index contributed by atoms with van der Waals surface area (Å²) in [6.45, 7) is 0.956. The van der Waals surface area contributed by atoms with Crippen LogP contribution in [0.2, 0.25) is 5.02 Å². The van der Waals surface area contributed by atoms with Gasteiger partial charge >= 0.3 is 0 Å². The average Bonchev–Trinajstić information content (AvgIpc) is 3.04. The molecule has 1 aliphatic rings. The van der Waals surface area contributed by atoms with E-state index in [0.717, 1.165) is 26.9 Å². The van der Waals surface area contributed by atoms with Crippen LogP contribution < -0.4 is 5.32 Å². The lowest BCUT2D eigenvalue weighted by Gasteiger charge is -2.36. The van der Waals surface area contributed by atoms with E-state index in [2.05, 4.69) is 29.3 Å². The molecule has 0 spiro atoms. The second-order valence-corrected chi connectivity index (χ2v) is 7.19. The molecule has 1 aliphatic carbocycles. The van der Waals surface area contributed by atoms with E-state index in [-0.39, 0.29) is 5.54 Å². The topological polar surface area (TPSA) is 28.2 Å². The Hall–Kier alpha value is -0.840. The summed E-state index contributed by atoms with van der Waals surface area (Å²) in [4.78, 5) is 7.00. The molecule has 108 valence electrons. The summed E-state index contributed by atoms with van der Waals surface area (Å²) in [6, 6.07) is 5.89. The third-order valence-electron chi connectivity index (χ3n) is 4.42. The Balaban J connectivity index is 1.78. The van der Waals surface area contributed by atoms with Crippen molar-refractivity contribution in [1.29, 1.82) is 0 Å². The molecule has 5 heteroatoms. The highest BCUT2D eigenvalue weighted by molar-refractivity contribution is 7.22. The maximum absolute atomic E-state index is 6.21. The van der Waals surface area contributed by atoms with E-state index in [1.807, 2.05) is 18.2 Å². The van der Waals surface area contributed by atoms with E-state index < -0.39 is 0 Å².